The molecular weight excluding hydrogens is 264 g/mol. The van der Waals surface area contributed by atoms with Crippen LogP contribution in [0.2, 0.25) is 0 Å². The Bertz CT molecular complexity index is 515. The van der Waals surface area contributed by atoms with Crippen molar-refractivity contribution < 1.29 is 24.2 Å². The van der Waals surface area contributed by atoms with Crippen LogP contribution in [-0.4, -0.2) is 36.0 Å². The van der Waals surface area contributed by atoms with Crippen molar-refractivity contribution in [2.75, 3.05) is 7.11 Å². The number of nitrogens with one attached hydrogen (secondary N) is 1. The Morgan fingerprint density at radius 3 is 2.55 bits per heavy atom. The van der Waals surface area contributed by atoms with Gasteiger partial charge < -0.3 is 20.9 Å². The van der Waals surface area contributed by atoms with Crippen LogP contribution in [0.1, 0.15) is 23.2 Å². The second-order valence-electron chi connectivity index (χ2n) is 4.07. The van der Waals surface area contributed by atoms with Crippen molar-refractivity contribution in [1.29, 1.82) is 0 Å². The molecule has 0 heterocycles. The van der Waals surface area contributed by atoms with Gasteiger partial charge in [-0.15, -0.1) is 0 Å². The number of carbonyl (C=O) groups is 3. The first-order valence-corrected chi connectivity index (χ1v) is 5.90. The van der Waals surface area contributed by atoms with Crippen molar-refractivity contribution >= 4 is 17.8 Å². The number of ether oxygens (including phenoxy) is 1. The van der Waals surface area contributed by atoms with Crippen LogP contribution in [0.5, 0.6) is 5.75 Å². The summed E-state index contributed by atoms with van der Waals surface area (Å²) in [6.07, 6.45) is -0.186. The minimum atomic E-state index is -1.23. The third-order valence-electron chi connectivity index (χ3n) is 2.63. The van der Waals surface area contributed by atoms with E-state index < -0.39 is 23.8 Å². The fourth-order valence-corrected chi connectivity index (χ4v) is 1.61. The second kappa shape index (κ2) is 7.13. The lowest BCUT2D eigenvalue weighted by molar-refractivity contribution is -0.139. The summed E-state index contributed by atoms with van der Waals surface area (Å²) in [5.74, 6) is -2.10. The minimum Gasteiger partial charge on any atom is -0.496 e. The van der Waals surface area contributed by atoms with Crippen LogP contribution in [0.15, 0.2) is 24.3 Å². The molecule has 2 amide bonds. The van der Waals surface area contributed by atoms with E-state index in [0.717, 1.165) is 0 Å². The maximum atomic E-state index is 12.0. The van der Waals surface area contributed by atoms with Gasteiger partial charge in [0.25, 0.3) is 5.91 Å². The van der Waals surface area contributed by atoms with E-state index in [9.17, 15) is 14.4 Å². The van der Waals surface area contributed by atoms with Crippen LogP contribution in [-0.2, 0) is 9.59 Å². The predicted molar refractivity (Wildman–Crippen MR) is 70.3 cm³/mol. The van der Waals surface area contributed by atoms with Gasteiger partial charge in [-0.3, -0.25) is 9.59 Å². The van der Waals surface area contributed by atoms with E-state index in [2.05, 4.69) is 5.32 Å². The van der Waals surface area contributed by atoms with Gasteiger partial charge in [-0.1, -0.05) is 12.1 Å². The third-order valence-corrected chi connectivity index (χ3v) is 2.63. The highest BCUT2D eigenvalue weighted by Gasteiger charge is 2.22. The van der Waals surface area contributed by atoms with Crippen molar-refractivity contribution in [2.45, 2.75) is 18.9 Å². The van der Waals surface area contributed by atoms with Crippen molar-refractivity contribution in [1.82, 2.24) is 5.32 Å². The molecule has 0 aliphatic carbocycles. The van der Waals surface area contributed by atoms with Crippen molar-refractivity contribution in [3.05, 3.63) is 29.8 Å². The van der Waals surface area contributed by atoms with E-state index in [1.165, 1.54) is 13.2 Å². The van der Waals surface area contributed by atoms with Gasteiger partial charge in [0.1, 0.15) is 11.8 Å². The van der Waals surface area contributed by atoms with Crippen LogP contribution in [0.25, 0.3) is 0 Å². The average molecular weight is 280 g/mol. The third kappa shape index (κ3) is 4.27. The zero-order chi connectivity index (χ0) is 15.1. The number of nitrogens with two attached hydrogens (primary N) is 1. The highest BCUT2D eigenvalue weighted by Crippen LogP contribution is 2.17. The summed E-state index contributed by atoms with van der Waals surface area (Å²) in [5, 5.41) is 11.3. The van der Waals surface area contributed by atoms with E-state index in [1.807, 2.05) is 0 Å². The molecule has 0 radical (unpaired) electrons. The van der Waals surface area contributed by atoms with Crippen molar-refractivity contribution in [3.8, 4) is 5.75 Å². The molecule has 0 aliphatic heterocycles. The van der Waals surface area contributed by atoms with Crippen LogP contribution in [0, 0.1) is 0 Å². The number of hydrogen-bond acceptors (Lipinski definition) is 4. The molecule has 1 rings (SSSR count). The Kier molecular flexibility index (Phi) is 5.52. The van der Waals surface area contributed by atoms with Crippen molar-refractivity contribution in [3.63, 3.8) is 0 Å². The molecule has 0 bridgehead atoms. The van der Waals surface area contributed by atoms with E-state index in [-0.39, 0.29) is 18.4 Å². The van der Waals surface area contributed by atoms with Gasteiger partial charge in [-0.25, -0.2) is 4.79 Å². The molecule has 0 saturated heterocycles. The maximum absolute atomic E-state index is 12.0. The molecule has 0 spiro atoms. The van der Waals surface area contributed by atoms with E-state index in [4.69, 9.17) is 15.6 Å². The summed E-state index contributed by atoms with van der Waals surface area (Å²) >= 11 is 0. The Balaban J connectivity index is 2.80. The van der Waals surface area contributed by atoms with Gasteiger partial charge >= 0.3 is 5.97 Å². The fourth-order valence-electron chi connectivity index (χ4n) is 1.61. The number of carbonyl (C=O) groups excluding carboxylic acids is 2. The lowest BCUT2D eigenvalue weighted by Crippen LogP contribution is -2.41. The highest BCUT2D eigenvalue weighted by molar-refractivity contribution is 5.99. The molecule has 1 atom stereocenters. The molecule has 1 unspecified atom stereocenters. The van der Waals surface area contributed by atoms with Crippen LogP contribution in [0.3, 0.4) is 0 Å². The number of hydrogen-bond donors (Lipinski definition) is 3. The largest absolute Gasteiger partial charge is 0.496 e. The highest BCUT2D eigenvalue weighted by atomic mass is 16.5. The van der Waals surface area contributed by atoms with Gasteiger partial charge in [0.15, 0.2) is 0 Å². The number of benzene rings is 1. The number of primary amides is 1. The molecule has 1 aromatic rings. The molecule has 0 aromatic heterocycles. The molecule has 20 heavy (non-hydrogen) atoms. The second-order valence-corrected chi connectivity index (χ2v) is 4.07. The Labute approximate surface area is 115 Å². The predicted octanol–water partition coefficient (Wildman–Crippen LogP) is 0.144. The van der Waals surface area contributed by atoms with Gasteiger partial charge in [0.2, 0.25) is 5.91 Å². The number of para-hydroxylation sites is 1. The molecule has 0 fully saturated rings. The molecule has 1 aromatic carbocycles. The van der Waals surface area contributed by atoms with Crippen LogP contribution in [0.4, 0.5) is 0 Å². The first kappa shape index (κ1) is 15.5. The first-order chi connectivity index (χ1) is 9.45. The van der Waals surface area contributed by atoms with Gasteiger partial charge in [-0.2, -0.15) is 0 Å². The quantitative estimate of drug-likeness (QED) is 0.656. The number of rotatable bonds is 7. The standard InChI is InChI=1S/C13H16N2O5/c1-20-10-5-3-2-4-8(10)12(17)15-9(13(18)19)6-7-11(14)16/h2-5,9H,6-7H2,1H3,(H2,14,16)(H,15,17)(H,18,19). The summed E-state index contributed by atoms with van der Waals surface area (Å²) in [4.78, 5) is 33.7. The lowest BCUT2D eigenvalue weighted by Gasteiger charge is -2.15. The monoisotopic (exact) mass is 280 g/mol. The molecule has 7 heteroatoms. The first-order valence-electron chi connectivity index (χ1n) is 5.90. The maximum Gasteiger partial charge on any atom is 0.326 e. The molecule has 7 nitrogen and oxygen atoms in total. The summed E-state index contributed by atoms with van der Waals surface area (Å²) in [6.45, 7) is 0. The molecule has 0 saturated carbocycles. The topological polar surface area (TPSA) is 119 Å². The Morgan fingerprint density at radius 2 is 2.00 bits per heavy atom. The van der Waals surface area contributed by atoms with Crippen molar-refractivity contribution in [2.24, 2.45) is 5.73 Å². The number of carboxylic acids is 1. The number of methoxy groups -OCH3 is 1. The normalized spacial score (nSPS) is 11.4. The Morgan fingerprint density at radius 1 is 1.35 bits per heavy atom. The molecular formula is C13H16N2O5. The average Bonchev–Trinajstić information content (AvgIpc) is 2.42. The van der Waals surface area contributed by atoms with Crippen LogP contribution >= 0.6 is 0 Å². The summed E-state index contributed by atoms with van der Waals surface area (Å²) in [6, 6.07) is 5.25. The minimum absolute atomic E-state index is 0.0639. The number of amides is 2. The zero-order valence-corrected chi connectivity index (χ0v) is 11.0. The summed E-state index contributed by atoms with van der Waals surface area (Å²) in [5.41, 5.74) is 5.19. The summed E-state index contributed by atoms with van der Waals surface area (Å²) < 4.78 is 5.02. The lowest BCUT2D eigenvalue weighted by atomic mass is 10.1. The van der Waals surface area contributed by atoms with E-state index in [0.29, 0.717) is 5.75 Å². The van der Waals surface area contributed by atoms with E-state index in [1.54, 1.807) is 18.2 Å². The van der Waals surface area contributed by atoms with Gasteiger partial charge in [-0.05, 0) is 18.6 Å². The van der Waals surface area contributed by atoms with Gasteiger partial charge in [0.05, 0.1) is 12.7 Å². The molecule has 0 aliphatic rings. The summed E-state index contributed by atoms with van der Waals surface area (Å²) in [7, 11) is 1.41. The SMILES string of the molecule is COc1ccccc1C(=O)NC(CCC(N)=O)C(=O)O. The number of aliphatic carboxylic acids is 1. The van der Waals surface area contributed by atoms with Gasteiger partial charge in [0, 0.05) is 6.42 Å². The number of carboxylic acid groups (broad SMARTS) is 1. The molecule has 4 N–H and O–H groups in total. The fraction of sp³-hybridized carbons (Fsp3) is 0.308. The van der Waals surface area contributed by atoms with Crippen LogP contribution < -0.4 is 15.8 Å². The molecule has 108 valence electrons. The Hall–Kier alpha value is -2.57. The zero-order valence-electron chi connectivity index (χ0n) is 11.0. The van der Waals surface area contributed by atoms with E-state index >= 15 is 0 Å². The smallest absolute Gasteiger partial charge is 0.326 e.